The Hall–Kier alpha value is -5.12. The maximum absolute atomic E-state index is 13.6. The van der Waals surface area contributed by atoms with Gasteiger partial charge < -0.3 is 29.6 Å². The molecule has 2 amide bonds. The lowest BCUT2D eigenvalue weighted by molar-refractivity contribution is 0.0594. The second-order valence-corrected chi connectivity index (χ2v) is 8.80. The molecule has 0 spiro atoms. The topological polar surface area (TPSA) is 95.1 Å². The van der Waals surface area contributed by atoms with Gasteiger partial charge in [0.05, 0.1) is 21.3 Å². The minimum Gasteiger partial charge on any atom is -0.493 e. The molecule has 4 rings (SSSR count). The molecule has 0 bridgehead atoms. The van der Waals surface area contributed by atoms with E-state index >= 15 is 0 Å². The Morgan fingerprint density at radius 2 is 1.32 bits per heavy atom. The van der Waals surface area contributed by atoms with E-state index in [-0.39, 0.29) is 17.9 Å². The Morgan fingerprint density at radius 3 is 1.88 bits per heavy atom. The van der Waals surface area contributed by atoms with Crippen LogP contribution in [0.25, 0.3) is 0 Å². The predicted molar refractivity (Wildman–Crippen MR) is 148 cm³/mol. The first-order valence-corrected chi connectivity index (χ1v) is 12.5. The Labute approximate surface area is 235 Å². The van der Waals surface area contributed by atoms with Crippen LogP contribution >= 0.6 is 0 Å². The number of methoxy groups -OCH3 is 3. The van der Waals surface area contributed by atoms with Crippen molar-refractivity contribution in [1.29, 1.82) is 0 Å². The normalized spacial score (nSPS) is 10.6. The van der Waals surface area contributed by atoms with Crippen LogP contribution < -0.4 is 24.8 Å². The number of ether oxygens (including phenoxy) is 4. The third-order valence-electron chi connectivity index (χ3n) is 6.13. The van der Waals surface area contributed by atoms with E-state index in [1.165, 1.54) is 57.7 Å². The van der Waals surface area contributed by atoms with Gasteiger partial charge >= 0.3 is 12.0 Å². The summed E-state index contributed by atoms with van der Waals surface area (Å²) in [5.41, 5.74) is 2.28. The van der Waals surface area contributed by atoms with Crippen molar-refractivity contribution in [2.75, 3.05) is 26.6 Å². The fraction of sp³-hybridized carbons (Fsp3) is 0.161. The van der Waals surface area contributed by atoms with Crippen LogP contribution in [0, 0.1) is 11.6 Å². The van der Waals surface area contributed by atoms with Gasteiger partial charge in [-0.1, -0.05) is 30.3 Å². The summed E-state index contributed by atoms with van der Waals surface area (Å²) in [4.78, 5) is 25.3. The highest BCUT2D eigenvalue weighted by molar-refractivity contribution is 5.96. The van der Waals surface area contributed by atoms with Gasteiger partial charge in [0.15, 0.2) is 11.5 Å². The molecular weight excluding hydrogens is 534 g/mol. The monoisotopic (exact) mass is 562 g/mol. The van der Waals surface area contributed by atoms with E-state index in [0.29, 0.717) is 28.3 Å². The highest BCUT2D eigenvalue weighted by Crippen LogP contribution is 2.33. The van der Waals surface area contributed by atoms with Gasteiger partial charge in [0, 0.05) is 12.2 Å². The summed E-state index contributed by atoms with van der Waals surface area (Å²) in [6.07, 6.45) is -0.803. The fourth-order valence-corrected chi connectivity index (χ4v) is 4.06. The van der Waals surface area contributed by atoms with Crippen LogP contribution in [-0.2, 0) is 11.3 Å². The average molecular weight is 563 g/mol. The molecule has 4 aromatic rings. The smallest absolute Gasteiger partial charge is 0.341 e. The van der Waals surface area contributed by atoms with Gasteiger partial charge in [-0.3, -0.25) is 0 Å². The van der Waals surface area contributed by atoms with Crippen LogP contribution in [0.2, 0.25) is 0 Å². The zero-order valence-corrected chi connectivity index (χ0v) is 22.6. The largest absolute Gasteiger partial charge is 0.493 e. The van der Waals surface area contributed by atoms with Crippen molar-refractivity contribution >= 4 is 17.7 Å². The number of urea groups is 1. The van der Waals surface area contributed by atoms with Crippen LogP contribution in [0.3, 0.4) is 0 Å². The maximum atomic E-state index is 13.6. The first kappa shape index (κ1) is 28.9. The highest BCUT2D eigenvalue weighted by Gasteiger charge is 2.22. The third-order valence-corrected chi connectivity index (χ3v) is 6.13. The molecule has 0 radical (unpaired) electrons. The first-order chi connectivity index (χ1) is 19.8. The number of carbonyl (C=O) groups is 2. The van der Waals surface area contributed by atoms with Gasteiger partial charge in [-0.25, -0.2) is 18.4 Å². The van der Waals surface area contributed by atoms with Gasteiger partial charge in [0.2, 0.25) is 0 Å². The summed E-state index contributed by atoms with van der Waals surface area (Å²) < 4.78 is 48.9. The molecule has 41 heavy (non-hydrogen) atoms. The van der Waals surface area contributed by atoms with Gasteiger partial charge in [0.25, 0.3) is 0 Å². The summed E-state index contributed by atoms with van der Waals surface area (Å²) in [5, 5.41) is 5.43. The number of benzene rings is 4. The zero-order chi connectivity index (χ0) is 29.4. The van der Waals surface area contributed by atoms with E-state index < -0.39 is 29.7 Å². The van der Waals surface area contributed by atoms with Gasteiger partial charge in [-0.05, 0) is 71.3 Å². The van der Waals surface area contributed by atoms with E-state index in [2.05, 4.69) is 10.6 Å². The quantitative estimate of drug-likeness (QED) is 0.222. The molecule has 10 heteroatoms. The standard InChI is InChI=1S/C31H28F2N2O6/c1-38-27-14-4-19(16-28(27)39-2)18-34-31(37)35-24-13-15-26(25(17-24)30(36)40-3)41-29(20-5-9-22(32)10-6-20)21-7-11-23(33)12-8-21/h4-17,29H,18H2,1-3H3,(H2,34,35,37). The number of esters is 1. The Morgan fingerprint density at radius 1 is 0.732 bits per heavy atom. The van der Waals surface area contributed by atoms with E-state index in [9.17, 15) is 18.4 Å². The van der Waals surface area contributed by atoms with Crippen molar-refractivity contribution < 1.29 is 37.3 Å². The first-order valence-electron chi connectivity index (χ1n) is 12.5. The molecule has 8 nitrogen and oxygen atoms in total. The molecule has 0 saturated heterocycles. The van der Waals surface area contributed by atoms with E-state index in [0.717, 1.165) is 5.56 Å². The van der Waals surface area contributed by atoms with Crippen LogP contribution in [-0.4, -0.2) is 33.3 Å². The SMILES string of the molecule is COC(=O)c1cc(NC(=O)NCc2ccc(OC)c(OC)c2)ccc1OC(c1ccc(F)cc1)c1ccc(F)cc1. The number of carbonyl (C=O) groups excluding carboxylic acids is 2. The van der Waals surface area contributed by atoms with Crippen LogP contribution in [0.1, 0.15) is 33.2 Å². The van der Waals surface area contributed by atoms with Gasteiger partial charge in [-0.15, -0.1) is 0 Å². The summed E-state index contributed by atoms with van der Waals surface area (Å²) in [6, 6.07) is 20.5. The van der Waals surface area contributed by atoms with E-state index in [1.54, 1.807) is 48.5 Å². The minimum atomic E-state index is -0.803. The van der Waals surface area contributed by atoms with Crippen LogP contribution in [0.15, 0.2) is 84.9 Å². The molecule has 4 aromatic carbocycles. The molecule has 2 N–H and O–H groups in total. The fourth-order valence-electron chi connectivity index (χ4n) is 4.06. The summed E-state index contributed by atoms with van der Waals surface area (Å²) in [5.74, 6) is -0.314. The average Bonchev–Trinajstić information content (AvgIpc) is 2.99. The second-order valence-electron chi connectivity index (χ2n) is 8.80. The predicted octanol–water partition coefficient (Wildman–Crippen LogP) is 6.26. The Balaban J connectivity index is 1.54. The van der Waals surface area contributed by atoms with Crippen LogP contribution in [0.4, 0.5) is 19.3 Å². The molecule has 0 aliphatic carbocycles. The van der Waals surface area contributed by atoms with Gasteiger partial charge in [0.1, 0.15) is 29.1 Å². The maximum Gasteiger partial charge on any atom is 0.341 e. The van der Waals surface area contributed by atoms with Crippen molar-refractivity contribution in [2.24, 2.45) is 0 Å². The lowest BCUT2D eigenvalue weighted by Crippen LogP contribution is -2.28. The summed E-state index contributed by atoms with van der Waals surface area (Å²) in [7, 11) is 4.28. The zero-order valence-electron chi connectivity index (χ0n) is 22.6. The molecule has 0 heterocycles. The third kappa shape index (κ3) is 7.30. The molecule has 0 fully saturated rings. The van der Waals surface area contributed by atoms with Crippen molar-refractivity contribution in [1.82, 2.24) is 5.32 Å². The van der Waals surface area contributed by atoms with Crippen molar-refractivity contribution in [2.45, 2.75) is 12.6 Å². The highest BCUT2D eigenvalue weighted by atomic mass is 19.1. The number of hydrogen-bond acceptors (Lipinski definition) is 6. The lowest BCUT2D eigenvalue weighted by Gasteiger charge is -2.22. The second kappa shape index (κ2) is 13.3. The molecule has 0 aliphatic rings. The van der Waals surface area contributed by atoms with E-state index in [1.807, 2.05) is 0 Å². The molecule has 212 valence electrons. The number of amides is 2. The molecule has 0 unspecified atom stereocenters. The lowest BCUT2D eigenvalue weighted by atomic mass is 10.0. The molecule has 0 aliphatic heterocycles. The molecule has 0 aromatic heterocycles. The summed E-state index contributed by atoms with van der Waals surface area (Å²) in [6.45, 7) is 0.203. The molecule has 0 saturated carbocycles. The molecule has 0 atom stereocenters. The van der Waals surface area contributed by atoms with Crippen molar-refractivity contribution in [3.05, 3.63) is 119 Å². The number of nitrogens with one attached hydrogen (secondary N) is 2. The van der Waals surface area contributed by atoms with E-state index in [4.69, 9.17) is 18.9 Å². The number of anilines is 1. The minimum absolute atomic E-state index is 0.0411. The molecular formula is C31H28F2N2O6. The number of halogens is 2. The number of hydrogen-bond donors (Lipinski definition) is 2. The van der Waals surface area contributed by atoms with Crippen molar-refractivity contribution in [3.63, 3.8) is 0 Å². The Bertz CT molecular complexity index is 1470. The summed E-state index contributed by atoms with van der Waals surface area (Å²) >= 11 is 0. The number of rotatable bonds is 10. The van der Waals surface area contributed by atoms with Gasteiger partial charge in [-0.2, -0.15) is 0 Å². The van der Waals surface area contributed by atoms with Crippen molar-refractivity contribution in [3.8, 4) is 17.2 Å². The van der Waals surface area contributed by atoms with Crippen LogP contribution in [0.5, 0.6) is 17.2 Å². The Kier molecular flexibility index (Phi) is 9.36.